The van der Waals surface area contributed by atoms with E-state index in [4.69, 9.17) is 16.3 Å². The number of aromatic nitrogens is 1. The number of ketones is 1. The molecule has 0 bridgehead atoms. The monoisotopic (exact) mass is 478 g/mol. The predicted octanol–water partition coefficient (Wildman–Crippen LogP) is 5.79. The number of hydrogen-bond acceptors (Lipinski definition) is 4. The molecule has 4 aromatic rings. The molecule has 172 valence electrons. The lowest BCUT2D eigenvalue weighted by atomic mass is 10.0. The van der Waals surface area contributed by atoms with Crippen LogP contribution in [0.5, 0.6) is 0 Å². The zero-order chi connectivity index (χ0) is 24.2. The molecule has 6 nitrogen and oxygen atoms in total. The van der Waals surface area contributed by atoms with Crippen molar-refractivity contribution in [2.24, 2.45) is 0 Å². The second-order valence-corrected chi connectivity index (χ2v) is 7.85. The van der Waals surface area contributed by atoms with E-state index in [9.17, 15) is 18.8 Å². The Bertz CT molecular complexity index is 1400. The Morgan fingerprint density at radius 3 is 2.50 bits per heavy atom. The van der Waals surface area contributed by atoms with Crippen LogP contribution < -0.4 is 5.32 Å². The third kappa shape index (κ3) is 4.43. The van der Waals surface area contributed by atoms with Crippen molar-refractivity contribution in [3.05, 3.63) is 95.0 Å². The molecule has 0 saturated carbocycles. The second-order valence-electron chi connectivity index (χ2n) is 7.47. The highest BCUT2D eigenvalue weighted by Gasteiger charge is 2.27. The first-order valence-electron chi connectivity index (χ1n) is 10.6. The van der Waals surface area contributed by atoms with E-state index in [1.54, 1.807) is 22.7 Å². The van der Waals surface area contributed by atoms with Crippen LogP contribution >= 0.6 is 11.6 Å². The average Bonchev–Trinajstić information content (AvgIpc) is 3.24. The van der Waals surface area contributed by atoms with Crippen LogP contribution in [-0.4, -0.2) is 28.7 Å². The van der Waals surface area contributed by atoms with Gasteiger partial charge in [-0.05, 0) is 42.3 Å². The fourth-order valence-corrected chi connectivity index (χ4v) is 3.85. The molecule has 0 unspecified atom stereocenters. The molecule has 2 heterocycles. The molecule has 2 aromatic carbocycles. The number of pyridine rings is 1. The zero-order valence-corrected chi connectivity index (χ0v) is 18.9. The Hall–Kier alpha value is -3.97. The fourth-order valence-electron chi connectivity index (χ4n) is 3.57. The minimum absolute atomic E-state index is 0.114. The molecule has 0 saturated heterocycles. The molecule has 8 heteroatoms. The van der Waals surface area contributed by atoms with Crippen LogP contribution in [0.15, 0.2) is 72.9 Å². The molecule has 0 fully saturated rings. The lowest BCUT2D eigenvalue weighted by Gasteiger charge is -2.12. The van der Waals surface area contributed by atoms with Gasteiger partial charge < -0.3 is 14.5 Å². The number of halogens is 2. The van der Waals surface area contributed by atoms with Crippen molar-refractivity contribution >= 4 is 40.5 Å². The molecule has 1 amide bonds. The topological polar surface area (TPSA) is 76.9 Å². The van der Waals surface area contributed by atoms with Crippen molar-refractivity contribution in [3.8, 4) is 11.1 Å². The third-order valence-corrected chi connectivity index (χ3v) is 5.57. The average molecular weight is 479 g/mol. The van der Waals surface area contributed by atoms with Crippen LogP contribution in [0.3, 0.4) is 0 Å². The number of esters is 1. The van der Waals surface area contributed by atoms with Gasteiger partial charge in [-0.15, -0.1) is 0 Å². The molecule has 0 aliphatic rings. The molecule has 0 atom stereocenters. The van der Waals surface area contributed by atoms with Gasteiger partial charge in [-0.3, -0.25) is 9.59 Å². The number of amides is 1. The highest BCUT2D eigenvalue weighted by molar-refractivity contribution is 6.48. The molecular weight excluding hydrogens is 459 g/mol. The number of fused-ring (bicyclic) bond motifs is 1. The number of carbonyl (C=O) groups is 3. The molecule has 0 aliphatic carbocycles. The quantitative estimate of drug-likeness (QED) is 0.207. The van der Waals surface area contributed by atoms with Gasteiger partial charge in [0.25, 0.3) is 11.7 Å². The van der Waals surface area contributed by atoms with Crippen LogP contribution in [0.1, 0.15) is 34.2 Å². The number of anilines is 1. The summed E-state index contributed by atoms with van der Waals surface area (Å²) in [6.07, 6.45) is 2.26. The molecule has 1 N–H and O–H groups in total. The number of benzene rings is 2. The van der Waals surface area contributed by atoms with Gasteiger partial charge in [0.1, 0.15) is 11.5 Å². The Balaban J connectivity index is 1.71. The summed E-state index contributed by atoms with van der Waals surface area (Å²) in [5.74, 6) is -3.63. The minimum Gasteiger partial charge on any atom is -0.462 e. The summed E-state index contributed by atoms with van der Waals surface area (Å²) in [7, 11) is 0. The zero-order valence-electron chi connectivity index (χ0n) is 18.2. The first-order chi connectivity index (χ1) is 16.4. The normalized spacial score (nSPS) is 10.8. The number of carbonyl (C=O) groups excluding carboxylic acids is 3. The number of nitrogens with zero attached hydrogens (tertiary/aromatic N) is 1. The highest BCUT2D eigenvalue weighted by Crippen LogP contribution is 2.31. The first kappa shape index (κ1) is 23.2. The molecule has 0 radical (unpaired) electrons. The molecule has 0 spiro atoms. The van der Waals surface area contributed by atoms with E-state index >= 15 is 0 Å². The van der Waals surface area contributed by atoms with E-state index in [0.29, 0.717) is 17.5 Å². The summed E-state index contributed by atoms with van der Waals surface area (Å²) >= 11 is 6.21. The predicted molar refractivity (Wildman–Crippen MR) is 128 cm³/mol. The largest absolute Gasteiger partial charge is 0.462 e. The molecule has 34 heavy (non-hydrogen) atoms. The van der Waals surface area contributed by atoms with Crippen molar-refractivity contribution < 1.29 is 23.5 Å². The number of ether oxygens (including phenoxy) is 1. The summed E-state index contributed by atoms with van der Waals surface area (Å²) in [4.78, 5) is 38.5. The summed E-state index contributed by atoms with van der Waals surface area (Å²) in [5.41, 5.74) is 1.55. The molecule has 2 aromatic heterocycles. The summed E-state index contributed by atoms with van der Waals surface area (Å²) in [6, 6.07) is 18.5. The smallest absolute Gasteiger partial charge is 0.339 e. The Morgan fingerprint density at radius 1 is 1.03 bits per heavy atom. The van der Waals surface area contributed by atoms with Crippen LogP contribution in [0, 0.1) is 5.82 Å². The van der Waals surface area contributed by atoms with Gasteiger partial charge in [0.05, 0.1) is 22.9 Å². The van der Waals surface area contributed by atoms with Crippen LogP contribution in [-0.2, 0) is 9.53 Å². The molecular formula is C26H20ClFN2O4. The van der Waals surface area contributed by atoms with Crippen molar-refractivity contribution in [3.63, 3.8) is 0 Å². The van der Waals surface area contributed by atoms with Gasteiger partial charge in [-0.25, -0.2) is 9.18 Å². The van der Waals surface area contributed by atoms with Gasteiger partial charge >= 0.3 is 5.97 Å². The van der Waals surface area contributed by atoms with Crippen molar-refractivity contribution in [1.29, 1.82) is 0 Å². The van der Waals surface area contributed by atoms with Crippen LogP contribution in [0.25, 0.3) is 16.6 Å². The lowest BCUT2D eigenvalue weighted by Crippen LogP contribution is -2.25. The Kier molecular flexibility index (Phi) is 6.75. The van der Waals surface area contributed by atoms with E-state index < -0.39 is 29.2 Å². The molecule has 4 rings (SSSR count). The van der Waals surface area contributed by atoms with E-state index in [1.165, 1.54) is 6.07 Å². The van der Waals surface area contributed by atoms with Gasteiger partial charge in [0.15, 0.2) is 0 Å². The first-order valence-corrected chi connectivity index (χ1v) is 11.0. The van der Waals surface area contributed by atoms with E-state index in [0.717, 1.165) is 11.6 Å². The Labute approximate surface area is 199 Å². The van der Waals surface area contributed by atoms with Crippen LogP contribution in [0.4, 0.5) is 10.1 Å². The van der Waals surface area contributed by atoms with Crippen molar-refractivity contribution in [2.75, 3.05) is 11.9 Å². The van der Waals surface area contributed by atoms with Crippen molar-refractivity contribution in [1.82, 2.24) is 4.40 Å². The second kappa shape index (κ2) is 9.89. The summed E-state index contributed by atoms with van der Waals surface area (Å²) < 4.78 is 21.2. The van der Waals surface area contributed by atoms with Gasteiger partial charge in [0.2, 0.25) is 0 Å². The van der Waals surface area contributed by atoms with E-state index in [-0.39, 0.29) is 22.9 Å². The summed E-state index contributed by atoms with van der Waals surface area (Å²) in [6.45, 7) is 1.99. The molecule has 0 aliphatic heterocycles. The van der Waals surface area contributed by atoms with E-state index in [1.807, 2.05) is 49.4 Å². The van der Waals surface area contributed by atoms with Crippen molar-refractivity contribution in [2.45, 2.75) is 13.3 Å². The third-order valence-electron chi connectivity index (χ3n) is 5.17. The van der Waals surface area contributed by atoms with Gasteiger partial charge in [0, 0.05) is 17.3 Å². The summed E-state index contributed by atoms with van der Waals surface area (Å²) in [5, 5.41) is 1.90. The SMILES string of the molecule is CCCOC(=O)c1ccc(F)c(NC(=O)C(=O)c2c(-c3ccccc3)cc3ccccn23)c1Cl. The minimum atomic E-state index is -1.10. The van der Waals surface area contributed by atoms with Crippen LogP contribution in [0.2, 0.25) is 5.02 Å². The van der Waals surface area contributed by atoms with Gasteiger partial charge in [-0.2, -0.15) is 0 Å². The number of hydrogen-bond donors (Lipinski definition) is 1. The maximum Gasteiger partial charge on any atom is 0.339 e. The van der Waals surface area contributed by atoms with E-state index in [2.05, 4.69) is 5.32 Å². The lowest BCUT2D eigenvalue weighted by molar-refractivity contribution is -0.112. The maximum atomic E-state index is 14.5. The highest BCUT2D eigenvalue weighted by atomic mass is 35.5. The number of rotatable bonds is 7. The Morgan fingerprint density at radius 2 is 1.76 bits per heavy atom. The number of Topliss-reactive ketones (excluding diaryl/α,β-unsaturated/α-hetero) is 1. The van der Waals surface area contributed by atoms with Gasteiger partial charge in [-0.1, -0.05) is 54.9 Å². The fraction of sp³-hybridized carbons (Fsp3) is 0.115. The maximum absolute atomic E-state index is 14.5. The standard InChI is InChI=1S/C26H20ClFN2O4/c1-2-14-34-26(33)18-11-12-20(28)22(21(18)27)29-25(32)24(31)23-19(16-8-4-3-5-9-16)15-17-10-6-7-13-30(17)23/h3-13,15H,2,14H2,1H3,(H,29,32). The number of nitrogens with one attached hydrogen (secondary N) is 1.